The van der Waals surface area contributed by atoms with Gasteiger partial charge in [-0.2, -0.15) is 0 Å². The maximum Gasteiger partial charge on any atom is 0.254 e. The number of carbonyl (C=O) groups excluding carboxylic acids is 1. The van der Waals surface area contributed by atoms with Crippen molar-refractivity contribution in [2.75, 3.05) is 27.9 Å². The molecule has 0 bridgehead atoms. The summed E-state index contributed by atoms with van der Waals surface area (Å²) in [4.78, 5) is 15.5. The summed E-state index contributed by atoms with van der Waals surface area (Å²) in [6.45, 7) is 0.609. The third kappa shape index (κ3) is 3.59. The highest BCUT2D eigenvalue weighted by atomic mass is 16.5. The average molecular weight is 403 g/mol. The number of fused-ring (bicyclic) bond motifs is 1. The largest absolute Gasteiger partial charge is 0.497 e. The lowest BCUT2D eigenvalue weighted by Crippen LogP contribution is -2.40. The Balaban J connectivity index is 1.83. The van der Waals surface area contributed by atoms with E-state index in [1.807, 2.05) is 53.4 Å². The second kappa shape index (κ2) is 8.49. The zero-order chi connectivity index (χ0) is 21.1. The van der Waals surface area contributed by atoms with Crippen molar-refractivity contribution in [3.05, 3.63) is 89.0 Å². The number of rotatable bonds is 5. The molecule has 154 valence electrons. The van der Waals surface area contributed by atoms with Crippen LogP contribution in [0.1, 0.15) is 33.1 Å². The molecule has 0 unspecified atom stereocenters. The molecule has 4 rings (SSSR count). The van der Waals surface area contributed by atoms with Gasteiger partial charge in [0.2, 0.25) is 0 Å². The van der Waals surface area contributed by atoms with Crippen molar-refractivity contribution >= 4 is 5.91 Å². The van der Waals surface area contributed by atoms with E-state index < -0.39 is 0 Å². The minimum Gasteiger partial charge on any atom is -0.497 e. The van der Waals surface area contributed by atoms with Crippen LogP contribution in [0.5, 0.6) is 17.2 Å². The summed E-state index contributed by atoms with van der Waals surface area (Å²) in [5.74, 6) is 2.01. The third-order valence-electron chi connectivity index (χ3n) is 5.57. The van der Waals surface area contributed by atoms with Crippen LogP contribution >= 0.6 is 0 Å². The molecule has 30 heavy (non-hydrogen) atoms. The van der Waals surface area contributed by atoms with Crippen LogP contribution in [-0.2, 0) is 6.42 Å². The number of hydrogen-bond acceptors (Lipinski definition) is 4. The summed E-state index contributed by atoms with van der Waals surface area (Å²) in [5, 5.41) is 0. The number of amides is 1. The minimum absolute atomic E-state index is 0.0248. The number of benzene rings is 3. The molecule has 0 aliphatic carbocycles. The van der Waals surface area contributed by atoms with Gasteiger partial charge < -0.3 is 19.1 Å². The summed E-state index contributed by atoms with van der Waals surface area (Å²) in [5.41, 5.74) is 3.89. The number of ether oxygens (including phenoxy) is 3. The Morgan fingerprint density at radius 2 is 1.60 bits per heavy atom. The lowest BCUT2D eigenvalue weighted by molar-refractivity contribution is 0.0694. The van der Waals surface area contributed by atoms with Crippen molar-refractivity contribution in [2.45, 2.75) is 12.5 Å². The van der Waals surface area contributed by atoms with Gasteiger partial charge in [0.25, 0.3) is 5.91 Å². The van der Waals surface area contributed by atoms with Crippen molar-refractivity contribution < 1.29 is 19.0 Å². The molecular weight excluding hydrogens is 378 g/mol. The van der Waals surface area contributed by atoms with Gasteiger partial charge >= 0.3 is 0 Å². The Morgan fingerprint density at radius 3 is 2.30 bits per heavy atom. The Morgan fingerprint density at radius 1 is 0.867 bits per heavy atom. The first-order valence-corrected chi connectivity index (χ1v) is 9.91. The van der Waals surface area contributed by atoms with E-state index in [0.29, 0.717) is 29.4 Å². The molecule has 0 saturated carbocycles. The van der Waals surface area contributed by atoms with E-state index in [1.54, 1.807) is 27.4 Å². The normalized spacial score (nSPS) is 15.3. The quantitative estimate of drug-likeness (QED) is 0.629. The fourth-order valence-electron chi connectivity index (χ4n) is 4.08. The summed E-state index contributed by atoms with van der Waals surface area (Å²) in [6, 6.07) is 21.2. The van der Waals surface area contributed by atoms with Crippen LogP contribution in [0, 0.1) is 0 Å². The van der Waals surface area contributed by atoms with Crippen molar-refractivity contribution in [1.82, 2.24) is 4.90 Å². The van der Waals surface area contributed by atoms with Gasteiger partial charge in [-0.25, -0.2) is 0 Å². The van der Waals surface area contributed by atoms with E-state index in [0.717, 1.165) is 23.1 Å². The van der Waals surface area contributed by atoms with Crippen molar-refractivity contribution in [3.63, 3.8) is 0 Å². The van der Waals surface area contributed by atoms with Crippen LogP contribution in [0.3, 0.4) is 0 Å². The lowest BCUT2D eigenvalue weighted by Gasteiger charge is -2.38. The van der Waals surface area contributed by atoms with Crippen LogP contribution in [0.4, 0.5) is 0 Å². The van der Waals surface area contributed by atoms with E-state index in [-0.39, 0.29) is 11.9 Å². The number of nitrogens with zero attached hydrogens (tertiary/aromatic N) is 1. The van der Waals surface area contributed by atoms with Crippen LogP contribution in [0.2, 0.25) is 0 Å². The zero-order valence-corrected chi connectivity index (χ0v) is 17.4. The van der Waals surface area contributed by atoms with E-state index in [2.05, 4.69) is 12.1 Å². The maximum absolute atomic E-state index is 13.6. The molecule has 0 fully saturated rings. The molecule has 0 radical (unpaired) electrons. The SMILES string of the molecule is COc1cccc(C(=O)N2CCc3cc(OC)c(OC)cc3[C@@H]2c2ccccc2)c1. The minimum atomic E-state index is -0.214. The van der Waals surface area contributed by atoms with Gasteiger partial charge in [-0.15, -0.1) is 0 Å². The molecule has 1 aliphatic heterocycles. The van der Waals surface area contributed by atoms with Gasteiger partial charge in [0.15, 0.2) is 11.5 Å². The first kappa shape index (κ1) is 19.8. The standard InChI is InChI=1S/C25H25NO4/c1-28-20-11-7-10-19(14-20)25(27)26-13-12-18-15-22(29-2)23(30-3)16-21(18)24(26)17-8-5-4-6-9-17/h4-11,14-16,24H,12-13H2,1-3H3/t24-/m0/s1. The van der Waals surface area contributed by atoms with Gasteiger partial charge in [0.05, 0.1) is 27.4 Å². The lowest BCUT2D eigenvalue weighted by atomic mass is 9.87. The van der Waals surface area contributed by atoms with E-state index in [9.17, 15) is 4.79 Å². The molecule has 1 amide bonds. The molecule has 3 aromatic rings. The average Bonchev–Trinajstić information content (AvgIpc) is 2.82. The predicted octanol–water partition coefficient (Wildman–Crippen LogP) is 4.50. The summed E-state index contributed by atoms with van der Waals surface area (Å²) >= 11 is 0. The van der Waals surface area contributed by atoms with Gasteiger partial charge in [0.1, 0.15) is 5.75 Å². The zero-order valence-electron chi connectivity index (χ0n) is 17.4. The summed E-state index contributed by atoms with van der Waals surface area (Å²) in [7, 11) is 4.87. The Bertz CT molecular complexity index is 1050. The molecule has 1 aliphatic rings. The van der Waals surface area contributed by atoms with E-state index in [1.165, 1.54) is 0 Å². The fraction of sp³-hybridized carbons (Fsp3) is 0.240. The predicted molar refractivity (Wildman–Crippen MR) is 116 cm³/mol. The van der Waals surface area contributed by atoms with Crippen LogP contribution in [0.15, 0.2) is 66.7 Å². The van der Waals surface area contributed by atoms with Crippen LogP contribution < -0.4 is 14.2 Å². The molecule has 3 aromatic carbocycles. The summed E-state index contributed by atoms with van der Waals surface area (Å²) < 4.78 is 16.4. The van der Waals surface area contributed by atoms with Gasteiger partial charge in [-0.3, -0.25) is 4.79 Å². The highest BCUT2D eigenvalue weighted by molar-refractivity contribution is 5.95. The third-order valence-corrected chi connectivity index (χ3v) is 5.57. The van der Waals surface area contributed by atoms with Crippen molar-refractivity contribution in [1.29, 1.82) is 0 Å². The molecule has 1 heterocycles. The molecule has 0 N–H and O–H groups in total. The highest BCUT2D eigenvalue weighted by Gasteiger charge is 2.33. The Kier molecular flexibility index (Phi) is 5.61. The molecular formula is C25H25NO4. The van der Waals surface area contributed by atoms with E-state index in [4.69, 9.17) is 14.2 Å². The van der Waals surface area contributed by atoms with Gasteiger partial charge in [0, 0.05) is 12.1 Å². The number of carbonyl (C=O) groups is 1. The van der Waals surface area contributed by atoms with Crippen LogP contribution in [-0.4, -0.2) is 38.7 Å². The first-order chi connectivity index (χ1) is 14.7. The van der Waals surface area contributed by atoms with Crippen molar-refractivity contribution in [2.24, 2.45) is 0 Å². The van der Waals surface area contributed by atoms with Crippen LogP contribution in [0.25, 0.3) is 0 Å². The molecule has 0 spiro atoms. The van der Waals surface area contributed by atoms with Gasteiger partial charge in [-0.05, 0) is 53.4 Å². The number of methoxy groups -OCH3 is 3. The molecule has 5 heteroatoms. The van der Waals surface area contributed by atoms with Gasteiger partial charge in [-0.1, -0.05) is 36.4 Å². The maximum atomic E-state index is 13.6. The molecule has 0 saturated heterocycles. The molecule has 1 atom stereocenters. The molecule has 0 aromatic heterocycles. The second-order valence-corrected chi connectivity index (χ2v) is 7.20. The Labute approximate surface area is 176 Å². The number of hydrogen-bond donors (Lipinski definition) is 0. The fourth-order valence-corrected chi connectivity index (χ4v) is 4.08. The van der Waals surface area contributed by atoms with E-state index >= 15 is 0 Å². The topological polar surface area (TPSA) is 48.0 Å². The summed E-state index contributed by atoms with van der Waals surface area (Å²) in [6.07, 6.45) is 0.745. The Hall–Kier alpha value is -3.47. The second-order valence-electron chi connectivity index (χ2n) is 7.20. The smallest absolute Gasteiger partial charge is 0.254 e. The van der Waals surface area contributed by atoms with Crippen molar-refractivity contribution in [3.8, 4) is 17.2 Å². The molecule has 5 nitrogen and oxygen atoms in total. The first-order valence-electron chi connectivity index (χ1n) is 9.91. The highest BCUT2D eigenvalue weighted by Crippen LogP contribution is 2.41. The monoisotopic (exact) mass is 403 g/mol.